The van der Waals surface area contributed by atoms with Gasteiger partial charge in [0.15, 0.2) is 0 Å². The van der Waals surface area contributed by atoms with Gasteiger partial charge in [-0.3, -0.25) is 0 Å². The summed E-state index contributed by atoms with van der Waals surface area (Å²) in [5.41, 5.74) is 11.1. The highest BCUT2D eigenvalue weighted by molar-refractivity contribution is 6.30. The van der Waals surface area contributed by atoms with E-state index in [0.29, 0.717) is 0 Å². The second kappa shape index (κ2) is 5.47. The first-order chi connectivity index (χ1) is 9.63. The zero-order chi connectivity index (χ0) is 14.1. The van der Waals surface area contributed by atoms with E-state index >= 15 is 0 Å². The summed E-state index contributed by atoms with van der Waals surface area (Å²) in [5, 5.41) is 0.740. The number of ether oxygens (including phenoxy) is 1. The highest BCUT2D eigenvalue weighted by Crippen LogP contribution is 2.36. The molecule has 20 heavy (non-hydrogen) atoms. The molecule has 0 aromatic heterocycles. The van der Waals surface area contributed by atoms with Gasteiger partial charge in [-0.1, -0.05) is 41.4 Å². The molecular formula is C17H18ClNO. The van der Waals surface area contributed by atoms with Crippen molar-refractivity contribution >= 4 is 11.6 Å². The van der Waals surface area contributed by atoms with Crippen molar-refractivity contribution in [3.8, 4) is 5.75 Å². The maximum atomic E-state index is 6.38. The first-order valence-corrected chi connectivity index (χ1v) is 7.27. The fourth-order valence-corrected chi connectivity index (χ4v) is 3.03. The fraction of sp³-hybridized carbons (Fsp3) is 0.294. The van der Waals surface area contributed by atoms with Crippen LogP contribution in [-0.2, 0) is 12.8 Å². The van der Waals surface area contributed by atoms with Crippen LogP contribution < -0.4 is 10.5 Å². The van der Waals surface area contributed by atoms with Gasteiger partial charge in [0, 0.05) is 23.0 Å². The largest absolute Gasteiger partial charge is 0.493 e. The smallest absolute Gasteiger partial charge is 0.127 e. The van der Waals surface area contributed by atoms with Crippen molar-refractivity contribution in [3.05, 3.63) is 63.7 Å². The lowest BCUT2D eigenvalue weighted by Crippen LogP contribution is -2.14. The summed E-state index contributed by atoms with van der Waals surface area (Å²) in [6.07, 6.45) is 1.71. The normalized spacial score (nSPS) is 14.8. The molecule has 3 heteroatoms. The molecule has 104 valence electrons. The Morgan fingerprint density at radius 2 is 2.15 bits per heavy atom. The molecule has 0 aliphatic carbocycles. The SMILES string of the molecule is Cc1cccc(CC(N)c2cc(Cl)cc3c2OCC3)c1. The van der Waals surface area contributed by atoms with Crippen molar-refractivity contribution in [2.75, 3.05) is 6.61 Å². The molecule has 1 aliphatic rings. The molecule has 0 radical (unpaired) electrons. The summed E-state index contributed by atoms with van der Waals surface area (Å²) in [5.74, 6) is 0.939. The summed E-state index contributed by atoms with van der Waals surface area (Å²) < 4.78 is 5.73. The van der Waals surface area contributed by atoms with Gasteiger partial charge in [-0.05, 0) is 36.6 Å². The maximum absolute atomic E-state index is 6.38. The molecule has 1 heterocycles. The Morgan fingerprint density at radius 3 is 2.95 bits per heavy atom. The minimum Gasteiger partial charge on any atom is -0.493 e. The van der Waals surface area contributed by atoms with Crippen molar-refractivity contribution in [1.82, 2.24) is 0 Å². The summed E-state index contributed by atoms with van der Waals surface area (Å²) in [6.45, 7) is 2.81. The summed E-state index contributed by atoms with van der Waals surface area (Å²) in [7, 11) is 0. The first kappa shape index (κ1) is 13.5. The van der Waals surface area contributed by atoms with Crippen LogP contribution in [-0.4, -0.2) is 6.61 Å². The predicted octanol–water partition coefficient (Wildman–Crippen LogP) is 3.83. The van der Waals surface area contributed by atoms with Crippen LogP contribution in [0.5, 0.6) is 5.75 Å². The average Bonchev–Trinajstić information content (AvgIpc) is 2.85. The second-order valence-electron chi connectivity index (χ2n) is 5.38. The molecule has 1 aliphatic heterocycles. The molecule has 2 aromatic carbocycles. The van der Waals surface area contributed by atoms with Gasteiger partial charge in [-0.2, -0.15) is 0 Å². The highest BCUT2D eigenvalue weighted by Gasteiger charge is 2.21. The summed E-state index contributed by atoms with van der Waals surface area (Å²) >= 11 is 6.19. The van der Waals surface area contributed by atoms with Gasteiger partial charge in [0.05, 0.1) is 6.61 Å². The monoisotopic (exact) mass is 287 g/mol. The number of nitrogens with two attached hydrogens (primary N) is 1. The van der Waals surface area contributed by atoms with Crippen LogP contribution in [0.25, 0.3) is 0 Å². The Labute approximate surface area is 124 Å². The molecule has 3 rings (SSSR count). The third-order valence-electron chi connectivity index (χ3n) is 3.71. The van der Waals surface area contributed by atoms with Crippen molar-refractivity contribution in [2.24, 2.45) is 5.73 Å². The second-order valence-corrected chi connectivity index (χ2v) is 5.82. The van der Waals surface area contributed by atoms with Crippen molar-refractivity contribution in [3.63, 3.8) is 0 Å². The lowest BCUT2D eigenvalue weighted by molar-refractivity contribution is 0.351. The van der Waals surface area contributed by atoms with Gasteiger partial charge in [-0.25, -0.2) is 0 Å². The Hall–Kier alpha value is -1.51. The van der Waals surface area contributed by atoms with Gasteiger partial charge >= 0.3 is 0 Å². The predicted molar refractivity (Wildman–Crippen MR) is 82.5 cm³/mol. The van der Waals surface area contributed by atoms with Crippen LogP contribution >= 0.6 is 11.6 Å². The van der Waals surface area contributed by atoms with Crippen LogP contribution in [0, 0.1) is 6.92 Å². The lowest BCUT2D eigenvalue weighted by atomic mass is 9.96. The van der Waals surface area contributed by atoms with E-state index in [1.807, 2.05) is 12.1 Å². The van der Waals surface area contributed by atoms with Crippen molar-refractivity contribution < 1.29 is 4.74 Å². The number of rotatable bonds is 3. The van der Waals surface area contributed by atoms with E-state index in [4.69, 9.17) is 22.1 Å². The molecular weight excluding hydrogens is 270 g/mol. The number of benzene rings is 2. The van der Waals surface area contributed by atoms with Crippen LogP contribution in [0.4, 0.5) is 0 Å². The van der Waals surface area contributed by atoms with E-state index in [9.17, 15) is 0 Å². The first-order valence-electron chi connectivity index (χ1n) is 6.90. The van der Waals surface area contributed by atoms with Gasteiger partial charge < -0.3 is 10.5 Å². The molecule has 1 unspecified atom stereocenters. The molecule has 2 aromatic rings. The third kappa shape index (κ3) is 2.67. The number of hydrogen-bond donors (Lipinski definition) is 1. The molecule has 1 atom stereocenters. The third-order valence-corrected chi connectivity index (χ3v) is 3.93. The van der Waals surface area contributed by atoms with Gasteiger partial charge in [0.25, 0.3) is 0 Å². The minimum absolute atomic E-state index is 0.0950. The van der Waals surface area contributed by atoms with Gasteiger partial charge in [-0.15, -0.1) is 0 Å². The standard InChI is InChI=1S/C17H18ClNO/c1-11-3-2-4-12(7-11)8-16(19)15-10-14(18)9-13-5-6-20-17(13)15/h2-4,7,9-10,16H,5-6,8,19H2,1H3. The van der Waals surface area contributed by atoms with E-state index < -0.39 is 0 Å². The number of hydrogen-bond acceptors (Lipinski definition) is 2. The Kier molecular flexibility index (Phi) is 3.68. The maximum Gasteiger partial charge on any atom is 0.127 e. The Balaban J connectivity index is 1.89. The lowest BCUT2D eigenvalue weighted by Gasteiger charge is -2.16. The number of halogens is 1. The minimum atomic E-state index is -0.0950. The average molecular weight is 288 g/mol. The quantitative estimate of drug-likeness (QED) is 0.931. The molecule has 0 fully saturated rings. The van der Waals surface area contributed by atoms with Crippen LogP contribution in [0.2, 0.25) is 5.02 Å². The molecule has 0 saturated carbocycles. The van der Waals surface area contributed by atoms with Crippen molar-refractivity contribution in [2.45, 2.75) is 25.8 Å². The van der Waals surface area contributed by atoms with E-state index in [1.54, 1.807) is 0 Å². The topological polar surface area (TPSA) is 35.2 Å². The Bertz CT molecular complexity index is 639. The Morgan fingerprint density at radius 1 is 1.30 bits per heavy atom. The molecule has 2 nitrogen and oxygen atoms in total. The molecule has 2 N–H and O–H groups in total. The summed E-state index contributed by atoms with van der Waals surface area (Å²) in [4.78, 5) is 0. The van der Waals surface area contributed by atoms with Crippen LogP contribution in [0.15, 0.2) is 36.4 Å². The summed E-state index contributed by atoms with van der Waals surface area (Å²) in [6, 6.07) is 12.3. The van der Waals surface area contributed by atoms with Crippen molar-refractivity contribution in [1.29, 1.82) is 0 Å². The fourth-order valence-electron chi connectivity index (χ4n) is 2.78. The highest BCUT2D eigenvalue weighted by atomic mass is 35.5. The molecule has 0 bridgehead atoms. The molecule has 0 amide bonds. The van der Waals surface area contributed by atoms with E-state index in [1.165, 1.54) is 16.7 Å². The van der Waals surface area contributed by atoms with E-state index in [-0.39, 0.29) is 6.04 Å². The zero-order valence-corrected chi connectivity index (χ0v) is 12.3. The van der Waals surface area contributed by atoms with Crippen LogP contribution in [0.1, 0.15) is 28.3 Å². The number of aryl methyl sites for hydroxylation is 1. The number of fused-ring (bicyclic) bond motifs is 1. The zero-order valence-electron chi connectivity index (χ0n) is 11.5. The van der Waals surface area contributed by atoms with Gasteiger partial charge in [0.1, 0.15) is 5.75 Å². The van der Waals surface area contributed by atoms with E-state index in [2.05, 4.69) is 31.2 Å². The molecule has 0 spiro atoms. The van der Waals surface area contributed by atoms with Crippen LogP contribution in [0.3, 0.4) is 0 Å². The van der Waals surface area contributed by atoms with Gasteiger partial charge in [0.2, 0.25) is 0 Å². The molecule has 0 saturated heterocycles. The van der Waals surface area contributed by atoms with E-state index in [0.717, 1.165) is 35.8 Å².